The molecular formula is C25H42O. The molecule has 0 saturated heterocycles. The molecule has 0 aliphatic heterocycles. The highest BCUT2D eigenvalue weighted by atomic mass is 16.3. The van der Waals surface area contributed by atoms with Gasteiger partial charge in [0.25, 0.3) is 0 Å². The monoisotopic (exact) mass is 358 g/mol. The molecule has 3 rings (SSSR count). The predicted molar refractivity (Wildman–Crippen MR) is 112 cm³/mol. The number of hydrogen-bond acceptors (Lipinski definition) is 1. The fourth-order valence-electron chi connectivity index (χ4n) is 6.17. The molecule has 3 atom stereocenters. The summed E-state index contributed by atoms with van der Waals surface area (Å²) in [7, 11) is 0. The van der Waals surface area contributed by atoms with Crippen LogP contribution in [0.5, 0.6) is 0 Å². The molecule has 3 fully saturated rings. The van der Waals surface area contributed by atoms with Gasteiger partial charge in [-0.3, -0.25) is 0 Å². The third-order valence-electron chi connectivity index (χ3n) is 7.78. The van der Waals surface area contributed by atoms with Gasteiger partial charge in [0, 0.05) is 0 Å². The third-order valence-corrected chi connectivity index (χ3v) is 7.78. The summed E-state index contributed by atoms with van der Waals surface area (Å²) >= 11 is 0. The molecule has 0 heterocycles. The normalized spacial score (nSPS) is 34.2. The van der Waals surface area contributed by atoms with Gasteiger partial charge in [0.15, 0.2) is 0 Å². The number of fused-ring (bicyclic) bond motifs is 1. The Kier molecular flexibility index (Phi) is 6.70. The minimum absolute atomic E-state index is 0.491. The lowest BCUT2D eigenvalue weighted by Gasteiger charge is -2.42. The van der Waals surface area contributed by atoms with E-state index in [-0.39, 0.29) is 0 Å². The molecule has 3 saturated carbocycles. The van der Waals surface area contributed by atoms with Crippen LogP contribution in [0.15, 0.2) is 23.3 Å². The Morgan fingerprint density at radius 3 is 2.50 bits per heavy atom. The molecule has 0 bridgehead atoms. The molecule has 26 heavy (non-hydrogen) atoms. The fourth-order valence-corrected chi connectivity index (χ4v) is 6.17. The summed E-state index contributed by atoms with van der Waals surface area (Å²) in [6.07, 6.45) is 23.8. The van der Waals surface area contributed by atoms with Crippen LogP contribution in [0.4, 0.5) is 0 Å². The van der Waals surface area contributed by atoms with Crippen LogP contribution in [0.2, 0.25) is 0 Å². The van der Waals surface area contributed by atoms with E-state index in [1.807, 2.05) is 13.8 Å². The quantitative estimate of drug-likeness (QED) is 0.492. The molecule has 1 nitrogen and oxygen atoms in total. The maximum atomic E-state index is 9.94. The first kappa shape index (κ1) is 20.2. The molecule has 3 aliphatic rings. The molecule has 0 aromatic heterocycles. The Morgan fingerprint density at radius 2 is 1.77 bits per heavy atom. The summed E-state index contributed by atoms with van der Waals surface area (Å²) in [5, 5.41) is 9.94. The summed E-state index contributed by atoms with van der Waals surface area (Å²) in [5.74, 6) is 1.75. The lowest BCUT2D eigenvalue weighted by atomic mass is 9.62. The van der Waals surface area contributed by atoms with Crippen molar-refractivity contribution in [1.82, 2.24) is 0 Å². The van der Waals surface area contributed by atoms with Gasteiger partial charge in [-0.25, -0.2) is 0 Å². The Bertz CT molecular complexity index is 513. The molecule has 0 amide bonds. The molecule has 3 aliphatic carbocycles. The smallest absolute Gasteiger partial charge is 0.0591 e. The molecule has 0 aromatic carbocycles. The minimum atomic E-state index is -0.491. The maximum Gasteiger partial charge on any atom is 0.0591 e. The molecular weight excluding hydrogens is 316 g/mol. The Hall–Kier alpha value is -0.560. The van der Waals surface area contributed by atoms with Crippen LogP contribution >= 0.6 is 0 Å². The topological polar surface area (TPSA) is 20.2 Å². The summed E-state index contributed by atoms with van der Waals surface area (Å²) in [6, 6.07) is 0. The minimum Gasteiger partial charge on any atom is -0.390 e. The van der Waals surface area contributed by atoms with Crippen molar-refractivity contribution in [2.45, 2.75) is 116 Å². The van der Waals surface area contributed by atoms with Crippen molar-refractivity contribution in [2.24, 2.45) is 17.3 Å². The number of aliphatic hydroxyl groups is 1. The average Bonchev–Trinajstić information content (AvgIpc) is 2.94. The highest BCUT2D eigenvalue weighted by molar-refractivity contribution is 5.25. The van der Waals surface area contributed by atoms with Gasteiger partial charge < -0.3 is 5.11 Å². The van der Waals surface area contributed by atoms with Crippen LogP contribution < -0.4 is 0 Å². The zero-order valence-electron chi connectivity index (χ0n) is 17.7. The second-order valence-electron chi connectivity index (χ2n) is 10.4. The van der Waals surface area contributed by atoms with Crippen molar-refractivity contribution in [1.29, 1.82) is 0 Å². The molecule has 1 heteroatoms. The zero-order chi connectivity index (χ0) is 18.6. The Balaban J connectivity index is 1.59. The number of unbranched alkanes of at least 4 members (excludes halogenated alkanes) is 1. The van der Waals surface area contributed by atoms with Crippen LogP contribution in [0, 0.1) is 17.3 Å². The van der Waals surface area contributed by atoms with Crippen LogP contribution in [0.3, 0.4) is 0 Å². The number of allylic oxidation sites excluding steroid dienone is 4. The Morgan fingerprint density at radius 1 is 1.00 bits per heavy atom. The molecule has 1 N–H and O–H groups in total. The summed E-state index contributed by atoms with van der Waals surface area (Å²) in [4.78, 5) is 0. The molecule has 148 valence electrons. The van der Waals surface area contributed by atoms with Gasteiger partial charge in [-0.2, -0.15) is 0 Å². The Labute approximate surface area is 162 Å². The number of rotatable bonds is 6. The second-order valence-corrected chi connectivity index (χ2v) is 10.4. The van der Waals surface area contributed by atoms with Gasteiger partial charge in [-0.05, 0) is 102 Å². The van der Waals surface area contributed by atoms with Crippen LogP contribution in [-0.2, 0) is 0 Å². The fraction of sp³-hybridized carbons (Fsp3) is 0.840. The maximum absolute atomic E-state index is 9.94. The lowest BCUT2D eigenvalue weighted by molar-refractivity contribution is 0.0660. The van der Waals surface area contributed by atoms with Gasteiger partial charge in [0.05, 0.1) is 5.60 Å². The van der Waals surface area contributed by atoms with Crippen LogP contribution in [0.1, 0.15) is 111 Å². The first-order chi connectivity index (χ1) is 12.4. The summed E-state index contributed by atoms with van der Waals surface area (Å²) in [5.41, 5.74) is 3.53. The summed E-state index contributed by atoms with van der Waals surface area (Å²) < 4.78 is 0. The van der Waals surface area contributed by atoms with Crippen LogP contribution in [-0.4, -0.2) is 10.7 Å². The van der Waals surface area contributed by atoms with Gasteiger partial charge >= 0.3 is 0 Å². The van der Waals surface area contributed by atoms with Crippen molar-refractivity contribution >= 4 is 0 Å². The SMILES string of the molecule is CC(C)(O)CCCCC1CCC2/C(=C/C=C3CCCCC3)CCCC12C. The van der Waals surface area contributed by atoms with E-state index < -0.39 is 5.60 Å². The number of hydrogen-bond donors (Lipinski definition) is 1. The highest BCUT2D eigenvalue weighted by Gasteiger charge is 2.48. The highest BCUT2D eigenvalue weighted by Crippen LogP contribution is 2.58. The van der Waals surface area contributed by atoms with Gasteiger partial charge in [0.1, 0.15) is 0 Å². The average molecular weight is 359 g/mol. The van der Waals surface area contributed by atoms with E-state index in [1.54, 1.807) is 11.1 Å². The van der Waals surface area contributed by atoms with E-state index in [0.29, 0.717) is 5.41 Å². The molecule has 3 unspecified atom stereocenters. The van der Waals surface area contributed by atoms with Crippen LogP contribution in [0.25, 0.3) is 0 Å². The third kappa shape index (κ3) is 5.03. The predicted octanol–water partition coefficient (Wildman–Crippen LogP) is 7.35. The lowest BCUT2D eigenvalue weighted by Crippen LogP contribution is -2.33. The van der Waals surface area contributed by atoms with E-state index >= 15 is 0 Å². The van der Waals surface area contributed by atoms with Gasteiger partial charge in [-0.1, -0.05) is 49.5 Å². The molecule has 0 spiro atoms. The van der Waals surface area contributed by atoms with Crippen molar-refractivity contribution in [3.63, 3.8) is 0 Å². The van der Waals surface area contributed by atoms with E-state index in [1.165, 1.54) is 83.5 Å². The van der Waals surface area contributed by atoms with Crippen molar-refractivity contribution < 1.29 is 5.11 Å². The van der Waals surface area contributed by atoms with Gasteiger partial charge in [0.2, 0.25) is 0 Å². The van der Waals surface area contributed by atoms with Crippen molar-refractivity contribution in [3.8, 4) is 0 Å². The zero-order valence-corrected chi connectivity index (χ0v) is 17.7. The standard InChI is InChI=1S/C25H42O/c1-24(2,26)18-8-7-13-22-16-17-23-21(12-9-19-25(22,23)3)15-14-20-10-5-4-6-11-20/h14-15,22-23,26H,4-13,16-19H2,1-3H3/b21-15+. The van der Waals surface area contributed by atoms with E-state index in [0.717, 1.165) is 18.3 Å². The van der Waals surface area contributed by atoms with Crippen molar-refractivity contribution in [2.75, 3.05) is 0 Å². The first-order valence-electron chi connectivity index (χ1n) is 11.5. The molecule has 0 aromatic rings. The van der Waals surface area contributed by atoms with E-state index in [4.69, 9.17) is 0 Å². The summed E-state index contributed by atoms with van der Waals surface area (Å²) in [6.45, 7) is 6.49. The van der Waals surface area contributed by atoms with Gasteiger partial charge in [-0.15, -0.1) is 0 Å². The molecule has 0 radical (unpaired) electrons. The van der Waals surface area contributed by atoms with E-state index in [9.17, 15) is 5.11 Å². The largest absolute Gasteiger partial charge is 0.390 e. The van der Waals surface area contributed by atoms with E-state index in [2.05, 4.69) is 19.1 Å². The second kappa shape index (κ2) is 8.63. The first-order valence-corrected chi connectivity index (χ1v) is 11.5. The van der Waals surface area contributed by atoms with Crippen molar-refractivity contribution in [3.05, 3.63) is 23.3 Å².